The first kappa shape index (κ1) is 16.7. The number of nitrogens with one attached hydrogen (secondary N) is 1. The summed E-state index contributed by atoms with van der Waals surface area (Å²) in [7, 11) is 0. The fourth-order valence-electron chi connectivity index (χ4n) is 2.76. The van der Waals surface area contributed by atoms with Gasteiger partial charge in [0.15, 0.2) is 0 Å². The molecule has 2 aromatic rings. The van der Waals surface area contributed by atoms with Gasteiger partial charge in [0.05, 0.1) is 18.9 Å². The van der Waals surface area contributed by atoms with Gasteiger partial charge < -0.3 is 10.1 Å². The van der Waals surface area contributed by atoms with E-state index in [1.807, 2.05) is 24.6 Å². The third-order valence-electron chi connectivity index (χ3n) is 4.07. The van der Waals surface area contributed by atoms with Crippen LogP contribution in [0.5, 0.6) is 0 Å². The molecule has 0 aliphatic carbocycles. The summed E-state index contributed by atoms with van der Waals surface area (Å²) < 4.78 is 8.89. The Balaban J connectivity index is 1.49. The molecule has 24 heavy (non-hydrogen) atoms. The topological polar surface area (TPSA) is 77.2 Å². The minimum absolute atomic E-state index is 0.143. The maximum atomic E-state index is 12.2. The molecule has 0 bridgehead atoms. The van der Waals surface area contributed by atoms with Gasteiger partial charge in [-0.05, 0) is 26.0 Å². The van der Waals surface area contributed by atoms with Crippen molar-refractivity contribution >= 4 is 5.91 Å². The first-order valence-corrected chi connectivity index (χ1v) is 8.24. The van der Waals surface area contributed by atoms with Gasteiger partial charge >= 0.3 is 0 Å². The number of hydrogen-bond acceptors (Lipinski definition) is 5. The maximum Gasteiger partial charge on any atom is 0.271 e. The van der Waals surface area contributed by atoms with E-state index in [0.29, 0.717) is 18.9 Å². The Morgan fingerprint density at radius 3 is 2.79 bits per heavy atom. The highest BCUT2D eigenvalue weighted by molar-refractivity contribution is 5.92. The van der Waals surface area contributed by atoms with E-state index < -0.39 is 0 Å². The van der Waals surface area contributed by atoms with Crippen LogP contribution in [-0.2, 0) is 11.4 Å². The fourth-order valence-corrected chi connectivity index (χ4v) is 2.76. The Bertz CT molecular complexity index is 687. The van der Waals surface area contributed by atoms with Crippen molar-refractivity contribution in [2.45, 2.75) is 20.5 Å². The van der Waals surface area contributed by atoms with Gasteiger partial charge in [-0.2, -0.15) is 10.2 Å². The van der Waals surface area contributed by atoms with Crippen molar-refractivity contribution in [3.05, 3.63) is 35.4 Å². The molecule has 130 valence electrons. The largest absolute Gasteiger partial charge is 0.379 e. The third-order valence-corrected chi connectivity index (χ3v) is 4.07. The molecule has 8 nitrogen and oxygen atoms in total. The molecule has 3 rings (SSSR count). The number of aromatic nitrogens is 4. The van der Waals surface area contributed by atoms with Crippen LogP contribution in [0.2, 0.25) is 0 Å². The zero-order chi connectivity index (χ0) is 16.9. The molecular weight excluding hydrogens is 308 g/mol. The van der Waals surface area contributed by atoms with Gasteiger partial charge in [-0.25, -0.2) is 4.68 Å². The Morgan fingerprint density at radius 2 is 2.08 bits per heavy atom. The lowest BCUT2D eigenvalue weighted by Gasteiger charge is -2.26. The van der Waals surface area contributed by atoms with Gasteiger partial charge in [-0.3, -0.25) is 14.4 Å². The van der Waals surface area contributed by atoms with Crippen LogP contribution < -0.4 is 5.32 Å². The lowest BCUT2D eigenvalue weighted by molar-refractivity contribution is 0.0383. The number of carbonyl (C=O) groups excluding carboxylic acids is 1. The van der Waals surface area contributed by atoms with Crippen molar-refractivity contribution in [2.24, 2.45) is 0 Å². The molecule has 0 saturated carbocycles. The molecule has 0 radical (unpaired) electrons. The SMILES string of the molecule is Cc1cc(C)n(Cn2ccc(C(=O)NCCN3CCOCC3)n2)n1. The standard InChI is InChI=1S/C16H24N6O2/c1-13-11-14(2)22(18-13)12-21-5-3-15(19-21)16(23)17-4-6-20-7-9-24-10-8-20/h3,5,11H,4,6-10,12H2,1-2H3,(H,17,23). The average molecular weight is 332 g/mol. The Hall–Kier alpha value is -2.19. The minimum Gasteiger partial charge on any atom is -0.379 e. The van der Waals surface area contributed by atoms with Crippen molar-refractivity contribution in [2.75, 3.05) is 39.4 Å². The van der Waals surface area contributed by atoms with E-state index in [0.717, 1.165) is 44.2 Å². The molecule has 1 aliphatic heterocycles. The fraction of sp³-hybridized carbons (Fsp3) is 0.562. The molecule has 0 aromatic carbocycles. The monoisotopic (exact) mass is 332 g/mol. The number of nitrogens with zero attached hydrogens (tertiary/aromatic N) is 5. The second kappa shape index (κ2) is 7.59. The zero-order valence-corrected chi connectivity index (χ0v) is 14.2. The molecule has 0 unspecified atom stereocenters. The van der Waals surface area contributed by atoms with E-state index in [2.05, 4.69) is 20.4 Å². The zero-order valence-electron chi connectivity index (χ0n) is 14.2. The summed E-state index contributed by atoms with van der Waals surface area (Å²) in [5.41, 5.74) is 2.47. The lowest BCUT2D eigenvalue weighted by Crippen LogP contribution is -2.41. The first-order chi connectivity index (χ1) is 11.6. The number of hydrogen-bond donors (Lipinski definition) is 1. The van der Waals surface area contributed by atoms with E-state index in [1.165, 1.54) is 0 Å². The quantitative estimate of drug-likeness (QED) is 0.821. The maximum absolute atomic E-state index is 12.2. The highest BCUT2D eigenvalue weighted by Gasteiger charge is 2.12. The number of morpholine rings is 1. The lowest BCUT2D eigenvalue weighted by atomic mass is 10.4. The van der Waals surface area contributed by atoms with Crippen molar-refractivity contribution in [3.8, 4) is 0 Å². The number of rotatable bonds is 6. The van der Waals surface area contributed by atoms with E-state index in [9.17, 15) is 4.79 Å². The molecule has 1 N–H and O–H groups in total. The number of carbonyl (C=O) groups is 1. The van der Waals surface area contributed by atoms with Crippen LogP contribution in [0.25, 0.3) is 0 Å². The summed E-state index contributed by atoms with van der Waals surface area (Å²) >= 11 is 0. The Labute approximate surface area is 141 Å². The molecule has 1 amide bonds. The summed E-state index contributed by atoms with van der Waals surface area (Å²) in [5.74, 6) is -0.143. The molecule has 1 fully saturated rings. The third kappa shape index (κ3) is 4.21. The smallest absolute Gasteiger partial charge is 0.271 e. The molecule has 0 atom stereocenters. The van der Waals surface area contributed by atoms with E-state index in [1.54, 1.807) is 16.9 Å². The van der Waals surface area contributed by atoms with Crippen molar-refractivity contribution in [1.82, 2.24) is 29.8 Å². The molecule has 1 aliphatic rings. The van der Waals surface area contributed by atoms with Crippen LogP contribution >= 0.6 is 0 Å². The van der Waals surface area contributed by atoms with Crippen LogP contribution in [-0.4, -0.2) is 69.8 Å². The summed E-state index contributed by atoms with van der Waals surface area (Å²) in [6.45, 7) is 9.30. The highest BCUT2D eigenvalue weighted by Crippen LogP contribution is 2.03. The second-order valence-electron chi connectivity index (χ2n) is 6.02. The van der Waals surface area contributed by atoms with Gasteiger partial charge in [-0.1, -0.05) is 0 Å². The van der Waals surface area contributed by atoms with Gasteiger partial charge in [0.1, 0.15) is 12.4 Å². The van der Waals surface area contributed by atoms with Crippen LogP contribution in [0.1, 0.15) is 21.9 Å². The van der Waals surface area contributed by atoms with Crippen LogP contribution in [0.3, 0.4) is 0 Å². The first-order valence-electron chi connectivity index (χ1n) is 8.24. The normalized spacial score (nSPS) is 15.6. The van der Waals surface area contributed by atoms with Gasteiger partial charge in [0, 0.05) is 38.1 Å². The van der Waals surface area contributed by atoms with E-state index in [-0.39, 0.29) is 5.91 Å². The van der Waals surface area contributed by atoms with Crippen LogP contribution in [0.15, 0.2) is 18.3 Å². The molecule has 3 heterocycles. The van der Waals surface area contributed by atoms with Crippen molar-refractivity contribution < 1.29 is 9.53 Å². The van der Waals surface area contributed by atoms with Crippen LogP contribution in [0, 0.1) is 13.8 Å². The second-order valence-corrected chi connectivity index (χ2v) is 6.02. The average Bonchev–Trinajstić information content (AvgIpc) is 3.15. The Kier molecular flexibility index (Phi) is 5.27. The summed E-state index contributed by atoms with van der Waals surface area (Å²) in [6.07, 6.45) is 1.80. The highest BCUT2D eigenvalue weighted by atomic mass is 16.5. The number of aryl methyl sites for hydroxylation is 2. The number of ether oxygens (including phenoxy) is 1. The van der Waals surface area contributed by atoms with Crippen LogP contribution in [0.4, 0.5) is 0 Å². The molecule has 2 aromatic heterocycles. The van der Waals surface area contributed by atoms with Crippen molar-refractivity contribution in [1.29, 1.82) is 0 Å². The minimum atomic E-state index is -0.143. The van der Waals surface area contributed by atoms with E-state index >= 15 is 0 Å². The summed E-state index contributed by atoms with van der Waals surface area (Å²) in [4.78, 5) is 14.5. The predicted octanol–water partition coefficient (Wildman–Crippen LogP) is 0.264. The van der Waals surface area contributed by atoms with Crippen molar-refractivity contribution in [3.63, 3.8) is 0 Å². The van der Waals surface area contributed by atoms with E-state index in [4.69, 9.17) is 4.74 Å². The Morgan fingerprint density at radius 1 is 1.29 bits per heavy atom. The predicted molar refractivity (Wildman–Crippen MR) is 88.9 cm³/mol. The molecular formula is C16H24N6O2. The molecule has 8 heteroatoms. The number of amides is 1. The summed E-state index contributed by atoms with van der Waals surface area (Å²) in [6, 6.07) is 3.75. The molecule has 1 saturated heterocycles. The van der Waals surface area contributed by atoms with Gasteiger partial charge in [0.2, 0.25) is 0 Å². The van der Waals surface area contributed by atoms with Gasteiger partial charge in [0.25, 0.3) is 5.91 Å². The summed E-state index contributed by atoms with van der Waals surface area (Å²) in [5, 5.41) is 11.7. The molecule has 0 spiro atoms. The van der Waals surface area contributed by atoms with Gasteiger partial charge in [-0.15, -0.1) is 0 Å².